The van der Waals surface area contributed by atoms with Gasteiger partial charge in [0.25, 0.3) is 0 Å². The normalized spacial score (nSPS) is 10.3. The number of aromatic nitrogens is 1. The van der Waals surface area contributed by atoms with Crippen LogP contribution in [0.3, 0.4) is 0 Å². The molecule has 1 rings (SSSR count). The van der Waals surface area contributed by atoms with E-state index in [2.05, 4.69) is 23.7 Å². The number of hydrogen-bond acceptors (Lipinski definition) is 4. The fourth-order valence-corrected chi connectivity index (χ4v) is 2.40. The first-order chi connectivity index (χ1) is 7.22. The second-order valence-corrected chi connectivity index (χ2v) is 4.57. The minimum atomic E-state index is 0.319. The molecule has 0 spiro atoms. The third-order valence-electron chi connectivity index (χ3n) is 2.14. The maximum atomic E-state index is 10.6. The molecule has 5 heteroatoms. The molecule has 0 amide bonds. The molecule has 84 valence electrons. The summed E-state index contributed by atoms with van der Waals surface area (Å²) in [5, 5.41) is 1.16. The van der Waals surface area contributed by atoms with Gasteiger partial charge >= 0.3 is 0 Å². The second-order valence-electron chi connectivity index (χ2n) is 3.20. The van der Waals surface area contributed by atoms with Gasteiger partial charge in [-0.05, 0) is 13.3 Å². The first-order valence-electron chi connectivity index (χ1n) is 5.09. The molecule has 0 saturated heterocycles. The molecule has 0 aliphatic carbocycles. The molecule has 15 heavy (non-hydrogen) atoms. The van der Waals surface area contributed by atoms with Crippen molar-refractivity contribution >= 4 is 34.4 Å². The molecule has 1 heterocycles. The Labute approximate surface area is 99.1 Å². The number of carbonyl (C=O) groups excluding carboxylic acids is 1. The predicted molar refractivity (Wildman–Crippen MR) is 65.3 cm³/mol. The van der Waals surface area contributed by atoms with Gasteiger partial charge in [-0.3, -0.25) is 4.79 Å². The lowest BCUT2D eigenvalue weighted by atomic mass is 10.3. The van der Waals surface area contributed by atoms with Gasteiger partial charge in [-0.15, -0.1) is 0 Å². The van der Waals surface area contributed by atoms with Crippen molar-refractivity contribution in [3.8, 4) is 0 Å². The lowest BCUT2D eigenvalue weighted by molar-refractivity contribution is 0.112. The number of carbonyl (C=O) groups is 1. The van der Waals surface area contributed by atoms with Crippen LogP contribution >= 0.6 is 22.9 Å². The van der Waals surface area contributed by atoms with Crippen LogP contribution in [0.2, 0.25) is 5.15 Å². The van der Waals surface area contributed by atoms with Gasteiger partial charge in [-0.2, -0.15) is 0 Å². The summed E-state index contributed by atoms with van der Waals surface area (Å²) >= 11 is 7.18. The van der Waals surface area contributed by atoms with Crippen LogP contribution in [0.4, 0.5) is 5.13 Å². The molecule has 0 N–H and O–H groups in total. The van der Waals surface area contributed by atoms with Gasteiger partial charge in [0, 0.05) is 13.1 Å². The van der Waals surface area contributed by atoms with Crippen LogP contribution in [0.5, 0.6) is 0 Å². The molecule has 0 aromatic carbocycles. The number of anilines is 1. The first-order valence-corrected chi connectivity index (χ1v) is 6.28. The van der Waals surface area contributed by atoms with Crippen molar-refractivity contribution in [1.82, 2.24) is 4.98 Å². The minimum absolute atomic E-state index is 0.319. The highest BCUT2D eigenvalue weighted by Crippen LogP contribution is 2.28. The molecule has 3 nitrogen and oxygen atoms in total. The van der Waals surface area contributed by atoms with E-state index in [1.54, 1.807) is 0 Å². The number of aldehydes is 1. The summed E-state index contributed by atoms with van der Waals surface area (Å²) in [6.07, 6.45) is 3.04. The molecule has 0 saturated carbocycles. The van der Waals surface area contributed by atoms with Crippen LogP contribution in [0, 0.1) is 0 Å². The Kier molecular flexibility index (Phi) is 5.05. The number of unbranched alkanes of at least 4 members (excludes halogenated alkanes) is 1. The molecule has 1 aromatic rings. The third-order valence-corrected chi connectivity index (χ3v) is 3.58. The highest BCUT2D eigenvalue weighted by Gasteiger charge is 2.12. The van der Waals surface area contributed by atoms with E-state index >= 15 is 0 Å². The van der Waals surface area contributed by atoms with Crippen molar-refractivity contribution in [1.29, 1.82) is 0 Å². The van der Waals surface area contributed by atoms with Crippen LogP contribution in [0.25, 0.3) is 0 Å². The SMILES string of the molecule is CCCCN(CC)c1nc(Cl)c(C=O)s1. The lowest BCUT2D eigenvalue weighted by Gasteiger charge is -2.18. The van der Waals surface area contributed by atoms with Gasteiger partial charge in [0.05, 0.1) is 0 Å². The average molecular weight is 247 g/mol. The molecule has 0 radical (unpaired) electrons. The van der Waals surface area contributed by atoms with Crippen molar-refractivity contribution in [3.05, 3.63) is 10.0 Å². The van der Waals surface area contributed by atoms with Crippen LogP contribution in [-0.2, 0) is 0 Å². The van der Waals surface area contributed by atoms with Crippen molar-refractivity contribution in [2.75, 3.05) is 18.0 Å². The summed E-state index contributed by atoms with van der Waals surface area (Å²) in [7, 11) is 0. The molecular formula is C10H15ClN2OS. The summed E-state index contributed by atoms with van der Waals surface area (Å²) in [6, 6.07) is 0. The summed E-state index contributed by atoms with van der Waals surface area (Å²) in [6.45, 7) is 6.09. The maximum Gasteiger partial charge on any atom is 0.187 e. The van der Waals surface area contributed by atoms with Crippen LogP contribution < -0.4 is 4.90 Å². The van der Waals surface area contributed by atoms with Gasteiger partial charge < -0.3 is 4.90 Å². The molecule has 1 aromatic heterocycles. The Morgan fingerprint density at radius 1 is 1.53 bits per heavy atom. The van der Waals surface area contributed by atoms with E-state index in [9.17, 15) is 4.79 Å². The minimum Gasteiger partial charge on any atom is -0.348 e. The van der Waals surface area contributed by atoms with Gasteiger partial charge in [-0.25, -0.2) is 4.98 Å². The van der Waals surface area contributed by atoms with E-state index in [1.165, 1.54) is 11.3 Å². The Hall–Kier alpha value is -0.610. The monoisotopic (exact) mass is 246 g/mol. The number of hydrogen-bond donors (Lipinski definition) is 0. The fraction of sp³-hybridized carbons (Fsp3) is 0.600. The highest BCUT2D eigenvalue weighted by molar-refractivity contribution is 7.17. The molecular weight excluding hydrogens is 232 g/mol. The van der Waals surface area contributed by atoms with Gasteiger partial charge in [0.15, 0.2) is 16.6 Å². The Bertz CT molecular complexity index is 327. The first kappa shape index (κ1) is 12.5. The molecule has 0 fully saturated rings. The second kappa shape index (κ2) is 6.08. The van der Waals surface area contributed by atoms with E-state index in [-0.39, 0.29) is 0 Å². The van der Waals surface area contributed by atoms with E-state index < -0.39 is 0 Å². The summed E-state index contributed by atoms with van der Waals surface area (Å²) < 4.78 is 0. The quantitative estimate of drug-likeness (QED) is 0.723. The topological polar surface area (TPSA) is 33.2 Å². The number of nitrogens with zero attached hydrogens (tertiary/aromatic N) is 2. The fourth-order valence-electron chi connectivity index (χ4n) is 1.25. The molecule has 0 aliphatic heterocycles. The van der Waals surface area contributed by atoms with E-state index in [1.807, 2.05) is 0 Å². The van der Waals surface area contributed by atoms with Gasteiger partial charge in [0.1, 0.15) is 4.88 Å². The van der Waals surface area contributed by atoms with E-state index in [0.29, 0.717) is 10.0 Å². The van der Waals surface area contributed by atoms with E-state index in [4.69, 9.17) is 11.6 Å². The maximum absolute atomic E-state index is 10.6. The summed E-state index contributed by atoms with van der Waals surface area (Å²) in [4.78, 5) is 17.5. The van der Waals surface area contributed by atoms with Gasteiger partial charge in [-0.1, -0.05) is 36.3 Å². The molecule has 0 unspecified atom stereocenters. The Morgan fingerprint density at radius 2 is 2.27 bits per heavy atom. The van der Waals surface area contributed by atoms with Crippen molar-refractivity contribution in [3.63, 3.8) is 0 Å². The number of thiazole rings is 1. The zero-order valence-electron chi connectivity index (χ0n) is 8.99. The van der Waals surface area contributed by atoms with Crippen molar-refractivity contribution < 1.29 is 4.79 Å². The average Bonchev–Trinajstić information content (AvgIpc) is 2.61. The van der Waals surface area contributed by atoms with Gasteiger partial charge in [0.2, 0.25) is 0 Å². The zero-order chi connectivity index (χ0) is 11.3. The van der Waals surface area contributed by atoms with Crippen LogP contribution in [-0.4, -0.2) is 24.4 Å². The molecule has 0 aliphatic rings. The summed E-state index contributed by atoms with van der Waals surface area (Å²) in [5.74, 6) is 0. The highest BCUT2D eigenvalue weighted by atomic mass is 35.5. The number of halogens is 1. The zero-order valence-corrected chi connectivity index (χ0v) is 10.6. The Morgan fingerprint density at radius 3 is 2.73 bits per heavy atom. The summed E-state index contributed by atoms with van der Waals surface area (Å²) in [5.41, 5.74) is 0. The van der Waals surface area contributed by atoms with Crippen LogP contribution in [0.1, 0.15) is 36.4 Å². The molecule has 0 bridgehead atoms. The molecule has 0 atom stereocenters. The largest absolute Gasteiger partial charge is 0.348 e. The lowest BCUT2D eigenvalue weighted by Crippen LogP contribution is -2.23. The Balaban J connectivity index is 2.77. The predicted octanol–water partition coefficient (Wildman–Crippen LogP) is 3.24. The van der Waals surface area contributed by atoms with Crippen LogP contribution in [0.15, 0.2) is 0 Å². The van der Waals surface area contributed by atoms with Crippen molar-refractivity contribution in [2.24, 2.45) is 0 Å². The third kappa shape index (κ3) is 3.18. The number of rotatable bonds is 6. The van der Waals surface area contributed by atoms with E-state index in [0.717, 1.165) is 37.3 Å². The standard InChI is InChI=1S/C10H15ClN2OS/c1-3-5-6-13(4-2)10-12-9(11)8(7-14)15-10/h7H,3-6H2,1-2H3. The smallest absolute Gasteiger partial charge is 0.187 e. The van der Waals surface area contributed by atoms with Crippen molar-refractivity contribution in [2.45, 2.75) is 26.7 Å².